The predicted octanol–water partition coefficient (Wildman–Crippen LogP) is 4.13. The van der Waals surface area contributed by atoms with E-state index in [1.807, 2.05) is 11.4 Å². The third-order valence-corrected chi connectivity index (χ3v) is 3.97. The van der Waals surface area contributed by atoms with Crippen LogP contribution in [0.2, 0.25) is 4.47 Å². The van der Waals surface area contributed by atoms with Crippen LogP contribution in [0.1, 0.15) is 17.0 Å². The van der Waals surface area contributed by atoms with Crippen LogP contribution >= 0.6 is 34.7 Å². The van der Waals surface area contributed by atoms with Gasteiger partial charge >= 0.3 is 0 Å². The standard InChI is InChI=1S/C10H10ClNOS2/c1-7-2-3-13-9(7)6-14-4-8-5-15-10(11)12-8/h2-3,5H,4,6H2,1H3. The van der Waals surface area contributed by atoms with Gasteiger partial charge in [-0.25, -0.2) is 4.98 Å². The highest BCUT2D eigenvalue weighted by Gasteiger charge is 2.03. The summed E-state index contributed by atoms with van der Waals surface area (Å²) in [7, 11) is 0. The minimum absolute atomic E-state index is 0.611. The normalized spacial score (nSPS) is 10.8. The molecule has 0 saturated carbocycles. The van der Waals surface area contributed by atoms with Crippen LogP contribution in [0, 0.1) is 6.92 Å². The van der Waals surface area contributed by atoms with Crippen molar-refractivity contribution < 1.29 is 4.42 Å². The molecule has 2 heterocycles. The van der Waals surface area contributed by atoms with E-state index in [1.165, 1.54) is 16.9 Å². The fraction of sp³-hybridized carbons (Fsp3) is 0.300. The molecule has 0 aliphatic rings. The zero-order valence-electron chi connectivity index (χ0n) is 8.20. The topological polar surface area (TPSA) is 26.0 Å². The van der Waals surface area contributed by atoms with Gasteiger partial charge in [0, 0.05) is 11.1 Å². The maximum atomic E-state index is 5.74. The Labute approximate surface area is 102 Å². The van der Waals surface area contributed by atoms with Crippen LogP contribution in [-0.4, -0.2) is 4.98 Å². The molecule has 0 bridgehead atoms. The number of thioether (sulfide) groups is 1. The Bertz CT molecular complexity index is 438. The van der Waals surface area contributed by atoms with E-state index >= 15 is 0 Å². The number of furan rings is 1. The first kappa shape index (κ1) is 11.0. The van der Waals surface area contributed by atoms with E-state index in [0.717, 1.165) is 23.0 Å². The van der Waals surface area contributed by atoms with Crippen LogP contribution in [0.4, 0.5) is 0 Å². The molecule has 0 aliphatic heterocycles. The highest BCUT2D eigenvalue weighted by molar-refractivity contribution is 7.97. The fourth-order valence-electron chi connectivity index (χ4n) is 1.15. The quantitative estimate of drug-likeness (QED) is 0.826. The summed E-state index contributed by atoms with van der Waals surface area (Å²) in [6.07, 6.45) is 1.73. The molecule has 80 valence electrons. The maximum absolute atomic E-state index is 5.74. The zero-order chi connectivity index (χ0) is 10.7. The molecule has 15 heavy (non-hydrogen) atoms. The third-order valence-electron chi connectivity index (χ3n) is 1.97. The largest absolute Gasteiger partial charge is 0.468 e. The lowest BCUT2D eigenvalue weighted by atomic mass is 10.3. The van der Waals surface area contributed by atoms with Crippen LogP contribution in [0.15, 0.2) is 22.1 Å². The predicted molar refractivity (Wildman–Crippen MR) is 65.6 cm³/mol. The minimum Gasteiger partial charge on any atom is -0.468 e. The molecular formula is C10H10ClNOS2. The summed E-state index contributed by atoms with van der Waals surface area (Å²) in [5, 5.41) is 1.99. The molecule has 2 rings (SSSR count). The second-order valence-corrected chi connectivity index (χ2v) is 5.54. The highest BCUT2D eigenvalue weighted by Crippen LogP contribution is 2.23. The van der Waals surface area contributed by atoms with Gasteiger partial charge in [0.15, 0.2) is 4.47 Å². The lowest BCUT2D eigenvalue weighted by molar-refractivity contribution is 0.528. The second-order valence-electron chi connectivity index (χ2n) is 3.11. The summed E-state index contributed by atoms with van der Waals surface area (Å²) < 4.78 is 5.95. The van der Waals surface area contributed by atoms with E-state index in [4.69, 9.17) is 16.0 Å². The highest BCUT2D eigenvalue weighted by atomic mass is 35.5. The number of nitrogens with zero attached hydrogens (tertiary/aromatic N) is 1. The molecule has 2 aromatic rings. The Morgan fingerprint density at radius 1 is 1.53 bits per heavy atom. The molecule has 0 spiro atoms. The lowest BCUT2D eigenvalue weighted by Gasteiger charge is -1.97. The van der Waals surface area contributed by atoms with E-state index in [2.05, 4.69) is 11.9 Å². The number of hydrogen-bond acceptors (Lipinski definition) is 4. The molecule has 0 aliphatic carbocycles. The first-order valence-electron chi connectivity index (χ1n) is 4.46. The van der Waals surface area contributed by atoms with Gasteiger partial charge in [-0.1, -0.05) is 11.6 Å². The van der Waals surface area contributed by atoms with E-state index in [-0.39, 0.29) is 0 Å². The SMILES string of the molecule is Cc1ccoc1CSCc1csc(Cl)n1. The van der Waals surface area contributed by atoms with E-state index < -0.39 is 0 Å². The van der Waals surface area contributed by atoms with Gasteiger partial charge in [0.1, 0.15) is 5.76 Å². The smallest absolute Gasteiger partial charge is 0.183 e. The number of aryl methyl sites for hydroxylation is 1. The number of thiazole rings is 1. The van der Waals surface area contributed by atoms with Crippen molar-refractivity contribution in [3.63, 3.8) is 0 Å². The number of hydrogen-bond donors (Lipinski definition) is 0. The summed E-state index contributed by atoms with van der Waals surface area (Å²) in [6.45, 7) is 2.05. The zero-order valence-corrected chi connectivity index (χ0v) is 10.6. The second kappa shape index (κ2) is 5.05. The summed E-state index contributed by atoms with van der Waals surface area (Å²) in [6, 6.07) is 1.98. The van der Waals surface area contributed by atoms with Gasteiger partial charge in [-0.15, -0.1) is 23.1 Å². The van der Waals surface area contributed by atoms with Crippen LogP contribution in [0.25, 0.3) is 0 Å². The van der Waals surface area contributed by atoms with Crippen molar-refractivity contribution >= 4 is 34.7 Å². The summed E-state index contributed by atoms with van der Waals surface area (Å²) in [4.78, 5) is 4.18. The Hall–Kier alpha value is -0.450. The summed E-state index contributed by atoms with van der Waals surface area (Å²) >= 11 is 9.00. The van der Waals surface area contributed by atoms with Gasteiger partial charge in [-0.05, 0) is 18.6 Å². The third kappa shape index (κ3) is 3.00. The fourth-order valence-corrected chi connectivity index (χ4v) is 2.98. The summed E-state index contributed by atoms with van der Waals surface area (Å²) in [5.74, 6) is 2.80. The molecule has 2 aromatic heterocycles. The molecule has 2 nitrogen and oxygen atoms in total. The van der Waals surface area contributed by atoms with Gasteiger partial charge in [0.2, 0.25) is 0 Å². The van der Waals surface area contributed by atoms with Crippen molar-refractivity contribution in [2.24, 2.45) is 0 Å². The molecule has 0 amide bonds. The molecule has 0 radical (unpaired) electrons. The van der Waals surface area contributed by atoms with Gasteiger partial charge in [0.05, 0.1) is 17.7 Å². The molecule has 0 N–H and O–H groups in total. The molecule has 0 aromatic carbocycles. The van der Waals surface area contributed by atoms with E-state index in [0.29, 0.717) is 4.47 Å². The minimum atomic E-state index is 0.611. The monoisotopic (exact) mass is 259 g/mol. The molecular weight excluding hydrogens is 250 g/mol. The van der Waals surface area contributed by atoms with E-state index in [9.17, 15) is 0 Å². The van der Waals surface area contributed by atoms with Gasteiger partial charge in [0.25, 0.3) is 0 Å². The van der Waals surface area contributed by atoms with Crippen LogP contribution < -0.4 is 0 Å². The number of rotatable bonds is 4. The average Bonchev–Trinajstić information content (AvgIpc) is 2.77. The molecule has 0 atom stereocenters. The Morgan fingerprint density at radius 2 is 2.40 bits per heavy atom. The molecule has 0 unspecified atom stereocenters. The van der Waals surface area contributed by atoms with E-state index in [1.54, 1.807) is 18.0 Å². The molecule has 5 heteroatoms. The van der Waals surface area contributed by atoms with Crippen LogP contribution in [0.3, 0.4) is 0 Å². The molecule has 0 fully saturated rings. The lowest BCUT2D eigenvalue weighted by Crippen LogP contribution is -1.83. The Kier molecular flexibility index (Phi) is 3.72. The van der Waals surface area contributed by atoms with Crippen molar-refractivity contribution in [3.8, 4) is 0 Å². The van der Waals surface area contributed by atoms with Crippen molar-refractivity contribution in [2.45, 2.75) is 18.4 Å². The van der Waals surface area contributed by atoms with Crippen LogP contribution in [-0.2, 0) is 11.5 Å². The Balaban J connectivity index is 1.83. The first-order valence-corrected chi connectivity index (χ1v) is 6.87. The molecule has 0 saturated heterocycles. The van der Waals surface area contributed by atoms with Crippen molar-refractivity contribution in [2.75, 3.05) is 0 Å². The van der Waals surface area contributed by atoms with Crippen molar-refractivity contribution in [3.05, 3.63) is 39.2 Å². The van der Waals surface area contributed by atoms with Gasteiger partial charge < -0.3 is 4.42 Å². The number of halogens is 1. The number of aromatic nitrogens is 1. The Morgan fingerprint density at radius 3 is 3.00 bits per heavy atom. The van der Waals surface area contributed by atoms with Gasteiger partial charge in [-0.2, -0.15) is 0 Å². The average molecular weight is 260 g/mol. The maximum Gasteiger partial charge on any atom is 0.183 e. The van der Waals surface area contributed by atoms with Crippen LogP contribution in [0.5, 0.6) is 0 Å². The van der Waals surface area contributed by atoms with Gasteiger partial charge in [-0.3, -0.25) is 0 Å². The summed E-state index contributed by atoms with van der Waals surface area (Å²) in [5.41, 5.74) is 2.25. The van der Waals surface area contributed by atoms with Crippen molar-refractivity contribution in [1.29, 1.82) is 0 Å². The first-order chi connectivity index (χ1) is 7.25. The van der Waals surface area contributed by atoms with Crippen molar-refractivity contribution in [1.82, 2.24) is 4.98 Å².